The van der Waals surface area contributed by atoms with Gasteiger partial charge in [-0.05, 0) is 31.5 Å². The summed E-state index contributed by atoms with van der Waals surface area (Å²) < 4.78 is 5.24. The van der Waals surface area contributed by atoms with Crippen LogP contribution in [0, 0.1) is 12.5 Å². The molecular weight excluding hydrogens is 228 g/mol. The molecule has 18 heavy (non-hydrogen) atoms. The highest BCUT2D eigenvalue weighted by Crippen LogP contribution is 2.19. The summed E-state index contributed by atoms with van der Waals surface area (Å²) in [6, 6.07) is 9.70. The van der Waals surface area contributed by atoms with Crippen LogP contribution in [0.3, 0.4) is 0 Å². The van der Waals surface area contributed by atoms with Gasteiger partial charge in [-0.1, -0.05) is 18.6 Å². The molecule has 1 aromatic carbocycles. The molecule has 0 saturated heterocycles. The van der Waals surface area contributed by atoms with Gasteiger partial charge in [0.2, 0.25) is 0 Å². The number of nitrogens with zero attached hydrogens (tertiary/aromatic N) is 1. The first kappa shape index (κ1) is 13.9. The lowest BCUT2D eigenvalue weighted by Crippen LogP contribution is -2.29. The first-order valence-corrected chi connectivity index (χ1v) is 5.82. The maximum absolute atomic E-state index is 11.6. The summed E-state index contributed by atoms with van der Waals surface area (Å²) in [6.45, 7) is 4.43. The van der Waals surface area contributed by atoms with Gasteiger partial charge >= 0.3 is 6.09 Å². The molecule has 0 heterocycles. The molecule has 4 nitrogen and oxygen atoms in total. The molecule has 0 radical (unpaired) electrons. The normalized spacial score (nSPS) is 11.2. The van der Waals surface area contributed by atoms with Crippen molar-refractivity contribution in [3.05, 3.63) is 29.8 Å². The van der Waals surface area contributed by atoms with Gasteiger partial charge in [-0.2, -0.15) is 0 Å². The standard InChI is InChI=1S/C14H18N2O2/c1-5-15-11(3)12-8-7-9-13(10-12)18-14(17)16(4)6-2/h1,7-11,15H,6H2,2-4H3/t11-/m0/s1. The molecule has 0 aliphatic carbocycles. The van der Waals surface area contributed by atoms with Gasteiger partial charge in [-0.3, -0.25) is 0 Å². The van der Waals surface area contributed by atoms with Crippen molar-refractivity contribution < 1.29 is 9.53 Å². The van der Waals surface area contributed by atoms with Crippen LogP contribution in [0.2, 0.25) is 0 Å². The van der Waals surface area contributed by atoms with Gasteiger partial charge in [0.05, 0.1) is 6.04 Å². The zero-order valence-electron chi connectivity index (χ0n) is 10.9. The van der Waals surface area contributed by atoms with Gasteiger partial charge in [0, 0.05) is 19.6 Å². The Balaban J connectivity index is 2.77. The van der Waals surface area contributed by atoms with Crippen LogP contribution in [0.5, 0.6) is 5.75 Å². The maximum atomic E-state index is 11.6. The Morgan fingerprint density at radius 3 is 2.94 bits per heavy atom. The molecule has 0 bridgehead atoms. The largest absolute Gasteiger partial charge is 0.414 e. The second-order valence-corrected chi connectivity index (χ2v) is 3.96. The lowest BCUT2D eigenvalue weighted by Gasteiger charge is -2.15. The molecule has 0 aliphatic rings. The van der Waals surface area contributed by atoms with Gasteiger partial charge in [0.1, 0.15) is 5.75 Å². The number of nitrogens with one attached hydrogen (secondary N) is 1. The van der Waals surface area contributed by atoms with E-state index in [-0.39, 0.29) is 12.1 Å². The van der Waals surface area contributed by atoms with Crippen molar-refractivity contribution in [2.45, 2.75) is 19.9 Å². The maximum Gasteiger partial charge on any atom is 0.414 e. The van der Waals surface area contributed by atoms with E-state index < -0.39 is 0 Å². The number of amides is 1. The van der Waals surface area contributed by atoms with E-state index in [4.69, 9.17) is 11.2 Å². The highest BCUT2D eigenvalue weighted by molar-refractivity contribution is 5.70. The third kappa shape index (κ3) is 3.70. The summed E-state index contributed by atoms with van der Waals surface area (Å²) in [6.07, 6.45) is 4.82. The van der Waals surface area contributed by atoms with Gasteiger partial charge in [-0.15, -0.1) is 0 Å². The van der Waals surface area contributed by atoms with Crippen LogP contribution in [0.4, 0.5) is 4.79 Å². The topological polar surface area (TPSA) is 41.6 Å². The van der Waals surface area contributed by atoms with Crippen LogP contribution in [0.25, 0.3) is 0 Å². The van der Waals surface area contributed by atoms with Crippen molar-refractivity contribution in [3.63, 3.8) is 0 Å². The van der Waals surface area contributed by atoms with E-state index in [1.165, 1.54) is 4.90 Å². The number of terminal acetylenes is 1. The highest BCUT2D eigenvalue weighted by Gasteiger charge is 2.10. The molecule has 0 aromatic heterocycles. The van der Waals surface area contributed by atoms with Gasteiger partial charge in [0.25, 0.3) is 0 Å². The third-order valence-electron chi connectivity index (χ3n) is 2.65. The zero-order valence-corrected chi connectivity index (χ0v) is 10.9. The second kappa shape index (κ2) is 6.55. The Hall–Kier alpha value is -2.15. The summed E-state index contributed by atoms with van der Waals surface area (Å²) in [5, 5.41) is 2.85. The molecule has 0 aliphatic heterocycles. The monoisotopic (exact) mass is 246 g/mol. The fraction of sp³-hybridized carbons (Fsp3) is 0.357. The summed E-state index contributed by atoms with van der Waals surface area (Å²) in [7, 11) is 1.69. The van der Waals surface area contributed by atoms with E-state index in [1.54, 1.807) is 19.2 Å². The summed E-state index contributed by atoms with van der Waals surface area (Å²) in [4.78, 5) is 13.1. The first-order valence-electron chi connectivity index (χ1n) is 5.82. The second-order valence-electron chi connectivity index (χ2n) is 3.96. The molecule has 1 N–H and O–H groups in total. The van der Waals surface area contributed by atoms with Crippen LogP contribution in [0.15, 0.2) is 24.3 Å². The summed E-state index contributed by atoms with van der Waals surface area (Å²) in [5.74, 6) is 0.517. The molecule has 1 aromatic rings. The Morgan fingerprint density at radius 2 is 2.33 bits per heavy atom. The van der Waals surface area contributed by atoms with E-state index in [9.17, 15) is 4.79 Å². The van der Waals surface area contributed by atoms with Crippen molar-refractivity contribution in [1.29, 1.82) is 0 Å². The van der Waals surface area contributed by atoms with Crippen molar-refractivity contribution >= 4 is 6.09 Å². The van der Waals surface area contributed by atoms with E-state index >= 15 is 0 Å². The molecular formula is C14H18N2O2. The van der Waals surface area contributed by atoms with Crippen LogP contribution in [-0.4, -0.2) is 24.6 Å². The lowest BCUT2D eigenvalue weighted by atomic mass is 10.1. The number of benzene rings is 1. The molecule has 96 valence electrons. The highest BCUT2D eigenvalue weighted by atomic mass is 16.6. The average molecular weight is 246 g/mol. The Kier molecular flexibility index (Phi) is 5.06. The van der Waals surface area contributed by atoms with Crippen LogP contribution in [-0.2, 0) is 0 Å². The number of hydrogen-bond donors (Lipinski definition) is 1. The number of hydrogen-bond acceptors (Lipinski definition) is 3. The molecule has 0 saturated carbocycles. The molecule has 1 rings (SSSR count). The predicted octanol–water partition coefficient (Wildman–Crippen LogP) is 2.38. The van der Waals surface area contributed by atoms with Crippen molar-refractivity contribution in [2.75, 3.05) is 13.6 Å². The zero-order chi connectivity index (χ0) is 13.5. The number of carbonyl (C=O) groups is 1. The van der Waals surface area contributed by atoms with E-state index in [0.29, 0.717) is 12.3 Å². The van der Waals surface area contributed by atoms with E-state index in [0.717, 1.165) is 5.56 Å². The summed E-state index contributed by atoms with van der Waals surface area (Å²) in [5.41, 5.74) is 0.970. The molecule has 0 unspecified atom stereocenters. The van der Waals surface area contributed by atoms with Crippen LogP contribution >= 0.6 is 0 Å². The predicted molar refractivity (Wildman–Crippen MR) is 71.2 cm³/mol. The smallest absolute Gasteiger partial charge is 0.410 e. The Labute approximate surface area is 108 Å². The van der Waals surface area contributed by atoms with Crippen molar-refractivity contribution in [3.8, 4) is 18.2 Å². The van der Waals surface area contributed by atoms with Gasteiger partial charge < -0.3 is 15.0 Å². The van der Waals surface area contributed by atoms with Gasteiger partial charge in [-0.25, -0.2) is 4.79 Å². The Morgan fingerprint density at radius 1 is 1.61 bits per heavy atom. The molecule has 0 spiro atoms. The number of rotatable bonds is 4. The minimum absolute atomic E-state index is 0.0116. The molecule has 0 fully saturated rings. The third-order valence-corrected chi connectivity index (χ3v) is 2.65. The average Bonchev–Trinajstić information content (AvgIpc) is 2.38. The number of ether oxygens (including phenoxy) is 1. The van der Waals surface area contributed by atoms with Crippen LogP contribution < -0.4 is 10.1 Å². The first-order chi connectivity index (χ1) is 8.58. The quantitative estimate of drug-likeness (QED) is 0.655. The molecule has 4 heteroatoms. The van der Waals surface area contributed by atoms with E-state index in [2.05, 4.69) is 11.4 Å². The van der Waals surface area contributed by atoms with Crippen LogP contribution in [0.1, 0.15) is 25.5 Å². The fourth-order valence-corrected chi connectivity index (χ4v) is 1.36. The minimum Gasteiger partial charge on any atom is -0.410 e. The minimum atomic E-state index is -0.368. The van der Waals surface area contributed by atoms with Crippen molar-refractivity contribution in [2.24, 2.45) is 0 Å². The Bertz CT molecular complexity index is 451. The van der Waals surface area contributed by atoms with E-state index in [1.807, 2.05) is 26.0 Å². The number of carbonyl (C=O) groups excluding carboxylic acids is 1. The fourth-order valence-electron chi connectivity index (χ4n) is 1.36. The molecule has 1 atom stereocenters. The lowest BCUT2D eigenvalue weighted by molar-refractivity contribution is 0.165. The SMILES string of the molecule is C#CN[C@@H](C)c1cccc(OC(=O)N(C)CC)c1. The summed E-state index contributed by atoms with van der Waals surface area (Å²) >= 11 is 0. The van der Waals surface area contributed by atoms with Gasteiger partial charge in [0.15, 0.2) is 0 Å². The van der Waals surface area contributed by atoms with Crippen molar-refractivity contribution in [1.82, 2.24) is 10.2 Å². The molecule has 1 amide bonds.